The number of ether oxygens (including phenoxy) is 1. The maximum absolute atomic E-state index is 13.3. The number of nitrogens with one attached hydrogen (secondary N) is 2. The lowest BCUT2D eigenvalue weighted by molar-refractivity contribution is 0.152. The van der Waals surface area contributed by atoms with Crippen LogP contribution in [-0.2, 0) is 20.1 Å². The van der Waals surface area contributed by atoms with E-state index in [1.165, 1.54) is 11.1 Å². The average Bonchev–Trinajstić information content (AvgIpc) is 3.54. The highest BCUT2D eigenvalue weighted by Crippen LogP contribution is 2.39. The zero-order valence-corrected chi connectivity index (χ0v) is 20.8. The van der Waals surface area contributed by atoms with Crippen LogP contribution in [0.3, 0.4) is 0 Å². The second-order valence-corrected chi connectivity index (χ2v) is 9.20. The van der Waals surface area contributed by atoms with E-state index in [-0.39, 0.29) is 6.09 Å². The Labute approximate surface area is 205 Å². The van der Waals surface area contributed by atoms with Crippen LogP contribution in [0.1, 0.15) is 43.4 Å². The smallest absolute Gasteiger partial charge is 0.405 e. The summed E-state index contributed by atoms with van der Waals surface area (Å²) in [6, 6.07) is 12.3. The third-order valence-electron chi connectivity index (χ3n) is 6.42. The monoisotopic (exact) mass is 472 g/mol. The number of carbonyl (C=O) groups excluding carboxylic acids is 1. The van der Waals surface area contributed by atoms with Gasteiger partial charge >= 0.3 is 6.09 Å². The molecule has 1 amide bonds. The largest absolute Gasteiger partial charge is 0.415 e. The van der Waals surface area contributed by atoms with Crippen molar-refractivity contribution in [1.82, 2.24) is 30.0 Å². The van der Waals surface area contributed by atoms with Gasteiger partial charge in [0.15, 0.2) is 11.6 Å². The number of imidazole rings is 1. The first-order chi connectivity index (χ1) is 17.0. The molecule has 1 aliphatic heterocycles. The third-order valence-corrected chi connectivity index (χ3v) is 6.42. The fraction of sp³-hybridized carbons (Fsp3) is 0.370. The van der Waals surface area contributed by atoms with E-state index in [2.05, 4.69) is 36.3 Å². The van der Waals surface area contributed by atoms with Gasteiger partial charge in [0.2, 0.25) is 0 Å². The maximum atomic E-state index is 13.3. The first kappa shape index (κ1) is 23.1. The minimum absolute atomic E-state index is 0.363. The van der Waals surface area contributed by atoms with E-state index in [9.17, 15) is 4.79 Å². The SMILES string of the molecule is CCCN(CCC)C(=O)Oc1c(-c2ccc(C)cc2)nn(C)c1-c1nc2cc3c(cc2[nH]1)CNC3. The Morgan fingerprint density at radius 2 is 1.77 bits per heavy atom. The predicted octanol–water partition coefficient (Wildman–Crippen LogP) is 5.16. The van der Waals surface area contributed by atoms with E-state index in [1.807, 2.05) is 38.2 Å². The average molecular weight is 473 g/mol. The van der Waals surface area contributed by atoms with Crippen molar-refractivity contribution in [3.8, 4) is 28.5 Å². The van der Waals surface area contributed by atoms with Crippen LogP contribution in [0.4, 0.5) is 4.79 Å². The summed E-state index contributed by atoms with van der Waals surface area (Å²) in [7, 11) is 1.86. The molecule has 2 aromatic carbocycles. The highest BCUT2D eigenvalue weighted by Gasteiger charge is 2.27. The zero-order valence-electron chi connectivity index (χ0n) is 20.8. The molecule has 0 spiro atoms. The number of hydrogen-bond acceptors (Lipinski definition) is 5. The summed E-state index contributed by atoms with van der Waals surface area (Å²) in [5, 5.41) is 8.15. The van der Waals surface area contributed by atoms with Gasteiger partial charge in [0.25, 0.3) is 0 Å². The molecule has 2 aromatic heterocycles. The maximum Gasteiger partial charge on any atom is 0.415 e. The molecule has 0 unspecified atom stereocenters. The van der Waals surface area contributed by atoms with Crippen LogP contribution in [0.25, 0.3) is 33.8 Å². The first-order valence-corrected chi connectivity index (χ1v) is 12.3. The van der Waals surface area contributed by atoms with E-state index in [0.717, 1.165) is 48.1 Å². The van der Waals surface area contributed by atoms with E-state index in [1.54, 1.807) is 9.58 Å². The van der Waals surface area contributed by atoms with Crippen molar-refractivity contribution in [2.45, 2.75) is 46.7 Å². The molecule has 3 heterocycles. The van der Waals surface area contributed by atoms with Crippen molar-refractivity contribution in [1.29, 1.82) is 0 Å². The first-order valence-electron chi connectivity index (χ1n) is 12.3. The Kier molecular flexibility index (Phi) is 6.30. The molecule has 5 rings (SSSR count). The lowest BCUT2D eigenvalue weighted by atomic mass is 10.1. The number of aromatic nitrogens is 4. The van der Waals surface area contributed by atoms with Crippen LogP contribution in [0.15, 0.2) is 36.4 Å². The Bertz CT molecular complexity index is 1320. The molecule has 0 radical (unpaired) electrons. The summed E-state index contributed by atoms with van der Waals surface area (Å²) in [5.41, 5.74) is 7.70. The Hall–Kier alpha value is -3.65. The van der Waals surface area contributed by atoms with Gasteiger partial charge in [0.05, 0.1) is 11.0 Å². The van der Waals surface area contributed by atoms with Crippen molar-refractivity contribution in [2.24, 2.45) is 7.05 Å². The highest BCUT2D eigenvalue weighted by atomic mass is 16.6. The minimum Gasteiger partial charge on any atom is -0.405 e. The van der Waals surface area contributed by atoms with Gasteiger partial charge in [-0.1, -0.05) is 43.7 Å². The van der Waals surface area contributed by atoms with Crippen LogP contribution >= 0.6 is 0 Å². The normalized spacial score (nSPS) is 12.8. The fourth-order valence-corrected chi connectivity index (χ4v) is 4.67. The van der Waals surface area contributed by atoms with Crippen molar-refractivity contribution in [2.75, 3.05) is 13.1 Å². The molecule has 0 fully saturated rings. The van der Waals surface area contributed by atoms with Gasteiger partial charge in [-0.05, 0) is 43.0 Å². The second kappa shape index (κ2) is 9.54. The van der Waals surface area contributed by atoms with Crippen LogP contribution in [0.5, 0.6) is 5.75 Å². The molecule has 182 valence electrons. The number of fused-ring (bicyclic) bond motifs is 2. The Morgan fingerprint density at radius 1 is 1.09 bits per heavy atom. The fourth-order valence-electron chi connectivity index (χ4n) is 4.67. The summed E-state index contributed by atoms with van der Waals surface area (Å²) in [6.45, 7) is 9.16. The number of nitrogens with zero attached hydrogens (tertiary/aromatic N) is 4. The van der Waals surface area contributed by atoms with Gasteiger partial charge in [0, 0.05) is 38.8 Å². The summed E-state index contributed by atoms with van der Waals surface area (Å²) >= 11 is 0. The zero-order chi connectivity index (χ0) is 24.5. The van der Waals surface area contributed by atoms with Gasteiger partial charge in [-0.25, -0.2) is 9.78 Å². The van der Waals surface area contributed by atoms with Crippen LogP contribution in [-0.4, -0.2) is 43.8 Å². The van der Waals surface area contributed by atoms with Gasteiger partial charge in [-0.3, -0.25) is 4.68 Å². The molecule has 0 saturated heterocycles. The molecule has 4 aromatic rings. The molecule has 0 aliphatic carbocycles. The molecule has 0 atom stereocenters. The number of rotatable bonds is 7. The standard InChI is InChI=1S/C27H32N6O2/c1-5-11-33(12-6-2)27(34)35-25-23(18-9-7-17(3)8-10-18)31-32(4)24(25)26-29-21-13-19-15-28-16-20(19)14-22(21)30-26/h7-10,13-14,28H,5-6,11-12,15-16H2,1-4H3,(H,29,30). The van der Waals surface area contributed by atoms with E-state index in [4.69, 9.17) is 14.8 Å². The highest BCUT2D eigenvalue weighted by molar-refractivity contribution is 5.86. The van der Waals surface area contributed by atoms with E-state index >= 15 is 0 Å². The molecule has 1 aliphatic rings. The number of H-pyrrole nitrogens is 1. The van der Waals surface area contributed by atoms with Crippen molar-refractivity contribution >= 4 is 17.1 Å². The second-order valence-electron chi connectivity index (χ2n) is 9.20. The Morgan fingerprint density at radius 3 is 2.46 bits per heavy atom. The third kappa shape index (κ3) is 4.41. The Balaban J connectivity index is 1.62. The van der Waals surface area contributed by atoms with Gasteiger partial charge in [-0.15, -0.1) is 0 Å². The van der Waals surface area contributed by atoms with Crippen molar-refractivity contribution < 1.29 is 9.53 Å². The van der Waals surface area contributed by atoms with Crippen LogP contribution < -0.4 is 10.1 Å². The van der Waals surface area contributed by atoms with E-state index in [0.29, 0.717) is 36.1 Å². The van der Waals surface area contributed by atoms with Crippen molar-refractivity contribution in [3.63, 3.8) is 0 Å². The number of aryl methyl sites for hydroxylation is 2. The van der Waals surface area contributed by atoms with Gasteiger partial charge < -0.3 is 19.9 Å². The number of carbonyl (C=O) groups is 1. The number of hydrogen-bond donors (Lipinski definition) is 2. The molecule has 0 saturated carbocycles. The minimum atomic E-state index is -0.363. The number of benzene rings is 2. The molecule has 8 nitrogen and oxygen atoms in total. The number of aromatic amines is 1. The molecular formula is C27H32N6O2. The lowest BCUT2D eigenvalue weighted by Gasteiger charge is -2.21. The topological polar surface area (TPSA) is 88.1 Å². The predicted molar refractivity (Wildman–Crippen MR) is 137 cm³/mol. The summed E-state index contributed by atoms with van der Waals surface area (Å²) in [4.78, 5) is 23.3. The van der Waals surface area contributed by atoms with Crippen LogP contribution in [0, 0.1) is 6.92 Å². The van der Waals surface area contributed by atoms with E-state index < -0.39 is 0 Å². The van der Waals surface area contributed by atoms with Crippen LogP contribution in [0.2, 0.25) is 0 Å². The quantitative estimate of drug-likeness (QED) is 0.388. The summed E-state index contributed by atoms with van der Waals surface area (Å²) < 4.78 is 7.86. The molecule has 35 heavy (non-hydrogen) atoms. The summed E-state index contributed by atoms with van der Waals surface area (Å²) in [6.07, 6.45) is 1.36. The molecular weight excluding hydrogens is 440 g/mol. The van der Waals surface area contributed by atoms with Crippen molar-refractivity contribution in [3.05, 3.63) is 53.1 Å². The molecule has 2 N–H and O–H groups in total. The molecule has 8 heteroatoms. The lowest BCUT2D eigenvalue weighted by Crippen LogP contribution is -2.35. The van der Waals surface area contributed by atoms with Gasteiger partial charge in [-0.2, -0.15) is 5.10 Å². The number of amides is 1. The van der Waals surface area contributed by atoms with Gasteiger partial charge in [0.1, 0.15) is 11.4 Å². The summed E-state index contributed by atoms with van der Waals surface area (Å²) in [5.74, 6) is 1.05. The molecule has 0 bridgehead atoms.